The van der Waals surface area contributed by atoms with Crippen LogP contribution in [0.15, 0.2) is 47.3 Å². The molecule has 0 saturated carbocycles. The first-order chi connectivity index (χ1) is 11.1. The fraction of sp³-hybridized carbons (Fsp3) is 0.188. The highest BCUT2D eigenvalue weighted by molar-refractivity contribution is 7.83. The normalized spacial score (nSPS) is 12.3. The molecule has 1 aromatic carbocycles. The Hall–Kier alpha value is -2.05. The van der Waals surface area contributed by atoms with Gasteiger partial charge in [-0.2, -0.15) is 0 Å². The van der Waals surface area contributed by atoms with Crippen molar-refractivity contribution in [3.8, 4) is 11.4 Å². The summed E-state index contributed by atoms with van der Waals surface area (Å²) < 4.78 is 17.5. The molecule has 0 bridgehead atoms. The molecular weight excluding hydrogens is 334 g/mol. The number of halogens is 1. The van der Waals surface area contributed by atoms with Gasteiger partial charge >= 0.3 is 0 Å². The minimum atomic E-state index is -1.12. The lowest BCUT2D eigenvalue weighted by Crippen LogP contribution is -2.01. The molecule has 0 aliphatic heterocycles. The van der Waals surface area contributed by atoms with Crippen molar-refractivity contribution in [2.75, 3.05) is 0 Å². The fourth-order valence-corrected chi connectivity index (χ4v) is 3.18. The maximum Gasteiger partial charge on any atom is 0.206 e. The van der Waals surface area contributed by atoms with E-state index < -0.39 is 10.8 Å². The summed E-state index contributed by atoms with van der Waals surface area (Å²) in [4.78, 5) is 12.7. The smallest absolute Gasteiger partial charge is 0.206 e. The number of rotatable bonds is 5. The Morgan fingerprint density at radius 3 is 2.35 bits per heavy atom. The molecule has 0 unspecified atom stereocenters. The van der Waals surface area contributed by atoms with E-state index in [9.17, 15) is 4.21 Å². The van der Waals surface area contributed by atoms with Gasteiger partial charge in [0.15, 0.2) is 5.82 Å². The number of nitrogens with zero attached hydrogens (tertiary/aromatic N) is 3. The van der Waals surface area contributed by atoms with Crippen molar-refractivity contribution in [2.45, 2.75) is 18.4 Å². The van der Waals surface area contributed by atoms with Crippen LogP contribution < -0.4 is 0 Å². The largest absolute Gasteiger partial charge is 0.445 e. The molecule has 3 rings (SSSR count). The van der Waals surface area contributed by atoms with Crippen molar-refractivity contribution in [2.24, 2.45) is 0 Å². The Morgan fingerprint density at radius 2 is 1.74 bits per heavy atom. The summed E-state index contributed by atoms with van der Waals surface area (Å²) in [7, 11) is -1.12. The van der Waals surface area contributed by atoms with Crippen molar-refractivity contribution in [3.05, 3.63) is 65.1 Å². The number of hydrogen-bond donors (Lipinski definition) is 0. The first-order valence-corrected chi connectivity index (χ1v) is 8.80. The molecule has 7 heteroatoms. The molecule has 5 nitrogen and oxygen atoms in total. The highest BCUT2D eigenvalue weighted by Crippen LogP contribution is 2.18. The number of hydrogen-bond acceptors (Lipinski definition) is 5. The van der Waals surface area contributed by atoms with E-state index in [1.807, 2.05) is 19.1 Å². The second-order valence-corrected chi connectivity index (χ2v) is 6.91. The minimum Gasteiger partial charge on any atom is -0.445 e. The number of aryl methyl sites for hydroxylation is 1. The van der Waals surface area contributed by atoms with Crippen LogP contribution in [0.3, 0.4) is 0 Å². The molecule has 0 amide bonds. The van der Waals surface area contributed by atoms with Crippen LogP contribution in [0.2, 0.25) is 5.02 Å². The summed E-state index contributed by atoms with van der Waals surface area (Å²) in [6, 6.07) is 7.31. The van der Waals surface area contributed by atoms with Crippen LogP contribution in [0, 0.1) is 6.92 Å². The highest BCUT2D eigenvalue weighted by Gasteiger charge is 2.09. The van der Waals surface area contributed by atoms with E-state index in [2.05, 4.69) is 15.0 Å². The molecule has 0 fully saturated rings. The fourth-order valence-electron chi connectivity index (χ4n) is 2.02. The van der Waals surface area contributed by atoms with E-state index in [0.29, 0.717) is 28.3 Å². The SMILES string of the molecule is Cc1cnc(C[S@@](=O)Cc2cnc(-c3ccc(Cl)cc3)nc2)o1. The lowest BCUT2D eigenvalue weighted by atomic mass is 10.2. The maximum atomic E-state index is 12.1. The number of aromatic nitrogens is 3. The van der Waals surface area contributed by atoms with Gasteiger partial charge in [-0.05, 0) is 31.2 Å². The first-order valence-electron chi connectivity index (χ1n) is 6.93. The molecule has 1 atom stereocenters. The zero-order valence-corrected chi connectivity index (χ0v) is 14.0. The van der Waals surface area contributed by atoms with E-state index in [4.69, 9.17) is 16.0 Å². The molecule has 23 heavy (non-hydrogen) atoms. The monoisotopic (exact) mass is 347 g/mol. The van der Waals surface area contributed by atoms with Gasteiger partial charge in [0.25, 0.3) is 0 Å². The molecular formula is C16H14ClN3O2S. The van der Waals surface area contributed by atoms with Gasteiger partial charge in [0, 0.05) is 39.3 Å². The Bertz CT molecular complexity index is 816. The van der Waals surface area contributed by atoms with Crippen molar-refractivity contribution in [3.63, 3.8) is 0 Å². The molecule has 0 N–H and O–H groups in total. The average Bonchev–Trinajstić information content (AvgIpc) is 2.94. The zero-order chi connectivity index (χ0) is 16.2. The van der Waals surface area contributed by atoms with Crippen molar-refractivity contribution < 1.29 is 8.63 Å². The third kappa shape index (κ3) is 4.24. The highest BCUT2D eigenvalue weighted by atomic mass is 35.5. The molecule has 3 aromatic rings. The third-order valence-electron chi connectivity index (χ3n) is 3.09. The summed E-state index contributed by atoms with van der Waals surface area (Å²) in [6.07, 6.45) is 5.00. The molecule has 0 spiro atoms. The Morgan fingerprint density at radius 1 is 1.04 bits per heavy atom. The second kappa shape index (κ2) is 7.02. The molecule has 0 aliphatic carbocycles. The quantitative estimate of drug-likeness (QED) is 0.706. The van der Waals surface area contributed by atoms with Gasteiger partial charge in [-0.3, -0.25) is 4.21 Å². The van der Waals surface area contributed by atoms with E-state index in [-0.39, 0.29) is 5.75 Å². The van der Waals surface area contributed by atoms with Gasteiger partial charge in [0.2, 0.25) is 5.89 Å². The van der Waals surface area contributed by atoms with Gasteiger partial charge < -0.3 is 4.42 Å². The van der Waals surface area contributed by atoms with Crippen molar-refractivity contribution in [1.29, 1.82) is 0 Å². The Kier molecular flexibility index (Phi) is 4.83. The van der Waals surface area contributed by atoms with Crippen LogP contribution in [-0.4, -0.2) is 19.2 Å². The zero-order valence-electron chi connectivity index (χ0n) is 12.4. The molecule has 0 saturated heterocycles. The van der Waals surface area contributed by atoms with Crippen LogP contribution in [0.4, 0.5) is 0 Å². The summed E-state index contributed by atoms with van der Waals surface area (Å²) in [5.41, 5.74) is 1.70. The molecule has 2 aromatic heterocycles. The summed E-state index contributed by atoms with van der Waals surface area (Å²) >= 11 is 5.86. The predicted molar refractivity (Wildman–Crippen MR) is 89.3 cm³/mol. The van der Waals surface area contributed by atoms with Gasteiger partial charge in [-0.1, -0.05) is 11.6 Å². The Balaban J connectivity index is 1.65. The molecule has 2 heterocycles. The van der Waals surface area contributed by atoms with Crippen LogP contribution in [0.1, 0.15) is 17.2 Å². The van der Waals surface area contributed by atoms with Crippen molar-refractivity contribution in [1.82, 2.24) is 15.0 Å². The van der Waals surface area contributed by atoms with Crippen LogP contribution in [-0.2, 0) is 22.3 Å². The van der Waals surface area contributed by atoms with Gasteiger partial charge in [-0.15, -0.1) is 0 Å². The summed E-state index contributed by atoms with van der Waals surface area (Å²) in [5, 5.41) is 0.669. The molecule has 0 aliphatic rings. The Labute approximate surface area is 141 Å². The van der Waals surface area contributed by atoms with E-state index >= 15 is 0 Å². The number of benzene rings is 1. The lowest BCUT2D eigenvalue weighted by Gasteiger charge is -2.03. The van der Waals surface area contributed by atoms with Gasteiger partial charge in [0.05, 0.1) is 11.9 Å². The van der Waals surface area contributed by atoms with E-state index in [1.54, 1.807) is 30.7 Å². The first kappa shape index (κ1) is 15.8. The van der Waals surface area contributed by atoms with Crippen LogP contribution in [0.5, 0.6) is 0 Å². The molecule has 0 radical (unpaired) electrons. The minimum absolute atomic E-state index is 0.284. The predicted octanol–water partition coefficient (Wildman–Crippen LogP) is 3.54. The van der Waals surface area contributed by atoms with Gasteiger partial charge in [0.1, 0.15) is 11.5 Å². The van der Waals surface area contributed by atoms with Gasteiger partial charge in [-0.25, -0.2) is 15.0 Å². The average molecular weight is 348 g/mol. The van der Waals surface area contributed by atoms with E-state index in [0.717, 1.165) is 11.1 Å². The standard InChI is InChI=1S/C16H14ClN3O2S/c1-11-6-18-15(22-11)10-23(21)9-12-7-19-16(20-8-12)13-2-4-14(17)5-3-13/h2-8H,9-10H2,1H3/t23-/m0/s1. The van der Waals surface area contributed by atoms with Crippen LogP contribution >= 0.6 is 11.6 Å². The second-order valence-electron chi connectivity index (χ2n) is 5.01. The number of oxazole rings is 1. The molecule has 118 valence electrons. The summed E-state index contributed by atoms with van der Waals surface area (Å²) in [6.45, 7) is 1.81. The van der Waals surface area contributed by atoms with Crippen molar-refractivity contribution >= 4 is 22.4 Å². The van der Waals surface area contributed by atoms with E-state index in [1.165, 1.54) is 0 Å². The summed E-state index contributed by atoms with van der Waals surface area (Å²) in [5.74, 6) is 2.46. The topological polar surface area (TPSA) is 68.9 Å². The maximum absolute atomic E-state index is 12.1. The third-order valence-corrected chi connectivity index (χ3v) is 4.57. The lowest BCUT2D eigenvalue weighted by molar-refractivity contribution is 0.488. The van der Waals surface area contributed by atoms with Crippen LogP contribution in [0.25, 0.3) is 11.4 Å².